The van der Waals surface area contributed by atoms with Gasteiger partial charge in [0.2, 0.25) is 0 Å². The van der Waals surface area contributed by atoms with Crippen molar-refractivity contribution in [2.45, 2.75) is 12.8 Å². The van der Waals surface area contributed by atoms with Gasteiger partial charge in [-0.25, -0.2) is 0 Å². The first kappa shape index (κ1) is 9.82. The molecule has 0 aromatic carbocycles. The van der Waals surface area contributed by atoms with Crippen molar-refractivity contribution >= 4 is 38.1 Å². The van der Waals surface area contributed by atoms with Gasteiger partial charge < -0.3 is 10.2 Å². The molecule has 2 N–H and O–H groups in total. The molecular formula is C5H9BiO4. The zero-order valence-electron chi connectivity index (χ0n) is 5.33. The van der Waals surface area contributed by atoms with Crippen molar-refractivity contribution in [3.05, 3.63) is 0 Å². The van der Waals surface area contributed by atoms with Crippen molar-refractivity contribution in [1.82, 2.24) is 0 Å². The van der Waals surface area contributed by atoms with Crippen LogP contribution in [-0.2, 0) is 9.59 Å². The van der Waals surface area contributed by atoms with Gasteiger partial charge >= 0.3 is 38.1 Å². The van der Waals surface area contributed by atoms with Crippen molar-refractivity contribution in [3.8, 4) is 0 Å². The van der Waals surface area contributed by atoms with Crippen molar-refractivity contribution < 1.29 is 19.8 Å². The molecular weight excluding hydrogens is 333 g/mol. The Kier molecular flexibility index (Phi) is 2.78. The first-order valence-corrected chi connectivity index (χ1v) is 2.56. The summed E-state index contributed by atoms with van der Waals surface area (Å²) in [6, 6.07) is 0. The van der Waals surface area contributed by atoms with Crippen LogP contribution in [0.25, 0.3) is 0 Å². The predicted molar refractivity (Wildman–Crippen MR) is 36.9 cm³/mol. The molecule has 58 valence electrons. The Balaban J connectivity index is 0.000000810. The molecule has 0 amide bonds. The average molecular weight is 342 g/mol. The molecule has 1 rings (SSSR count). The van der Waals surface area contributed by atoms with E-state index in [0.717, 1.165) is 0 Å². The fourth-order valence-corrected chi connectivity index (χ4v) is 0.644. The van der Waals surface area contributed by atoms with Crippen LogP contribution in [0.1, 0.15) is 12.8 Å². The van der Waals surface area contributed by atoms with Crippen LogP contribution in [0, 0.1) is 5.41 Å². The van der Waals surface area contributed by atoms with E-state index in [9.17, 15) is 9.59 Å². The number of hydrogen-bond donors (Lipinski definition) is 2. The first-order valence-electron chi connectivity index (χ1n) is 2.56. The summed E-state index contributed by atoms with van der Waals surface area (Å²) in [5.41, 5.74) is -1.42. The summed E-state index contributed by atoms with van der Waals surface area (Å²) < 4.78 is 0. The second-order valence-electron chi connectivity index (χ2n) is 2.19. The van der Waals surface area contributed by atoms with Gasteiger partial charge in [0.15, 0.2) is 5.41 Å². The van der Waals surface area contributed by atoms with Gasteiger partial charge in [0.25, 0.3) is 0 Å². The number of carboxylic acids is 2. The maximum absolute atomic E-state index is 10.1. The zero-order chi connectivity index (χ0) is 7.07. The molecule has 10 heavy (non-hydrogen) atoms. The SMILES string of the molecule is O=C(O)C1(C(=O)O)CC1.[BiH3]. The van der Waals surface area contributed by atoms with Crippen LogP contribution in [0.4, 0.5) is 0 Å². The molecule has 0 radical (unpaired) electrons. The second kappa shape index (κ2) is 2.83. The van der Waals surface area contributed by atoms with E-state index in [4.69, 9.17) is 10.2 Å². The summed E-state index contributed by atoms with van der Waals surface area (Å²) in [5, 5.41) is 16.6. The minimum absolute atomic E-state index is 0. The Hall–Kier alpha value is -0.177. The van der Waals surface area contributed by atoms with E-state index in [1.807, 2.05) is 0 Å². The van der Waals surface area contributed by atoms with E-state index in [1.54, 1.807) is 0 Å². The van der Waals surface area contributed by atoms with Crippen molar-refractivity contribution in [2.24, 2.45) is 5.41 Å². The molecule has 1 aliphatic rings. The van der Waals surface area contributed by atoms with Gasteiger partial charge in [0.1, 0.15) is 0 Å². The predicted octanol–water partition coefficient (Wildman–Crippen LogP) is -1.25. The average Bonchev–Trinajstić information content (AvgIpc) is 2.40. The van der Waals surface area contributed by atoms with Crippen LogP contribution in [0.15, 0.2) is 0 Å². The molecule has 1 aliphatic carbocycles. The molecule has 1 saturated carbocycles. The molecule has 0 aromatic heterocycles. The molecule has 0 aliphatic heterocycles. The Morgan fingerprint density at radius 1 is 1.10 bits per heavy atom. The Bertz CT molecular complexity index is 156. The fourth-order valence-electron chi connectivity index (χ4n) is 0.644. The number of carbonyl (C=O) groups is 2. The summed E-state index contributed by atoms with van der Waals surface area (Å²) in [7, 11) is 0. The van der Waals surface area contributed by atoms with Crippen molar-refractivity contribution in [1.29, 1.82) is 0 Å². The van der Waals surface area contributed by atoms with Gasteiger partial charge in [0, 0.05) is 0 Å². The van der Waals surface area contributed by atoms with E-state index < -0.39 is 17.4 Å². The zero-order valence-corrected chi connectivity index (χ0v) is 10.8. The molecule has 5 heteroatoms. The summed E-state index contributed by atoms with van der Waals surface area (Å²) in [5.74, 6) is -2.43. The Morgan fingerprint density at radius 3 is 1.40 bits per heavy atom. The summed E-state index contributed by atoms with van der Waals surface area (Å²) >= 11 is 0. The first-order chi connectivity index (χ1) is 4.09. The van der Waals surface area contributed by atoms with E-state index in [1.165, 1.54) is 0 Å². The minimum atomic E-state index is -1.42. The molecule has 0 spiro atoms. The quantitative estimate of drug-likeness (QED) is 0.486. The summed E-state index contributed by atoms with van der Waals surface area (Å²) in [6.45, 7) is 0. The monoisotopic (exact) mass is 342 g/mol. The molecule has 0 atom stereocenters. The number of rotatable bonds is 2. The van der Waals surface area contributed by atoms with Gasteiger partial charge in [0.05, 0.1) is 0 Å². The van der Waals surface area contributed by atoms with Gasteiger partial charge in [-0.2, -0.15) is 0 Å². The third-order valence-electron chi connectivity index (χ3n) is 1.57. The topological polar surface area (TPSA) is 74.6 Å². The fraction of sp³-hybridized carbons (Fsp3) is 0.600. The molecule has 0 unspecified atom stereocenters. The number of hydrogen-bond acceptors (Lipinski definition) is 2. The van der Waals surface area contributed by atoms with Gasteiger partial charge in [-0.05, 0) is 12.8 Å². The Labute approximate surface area is 76.4 Å². The van der Waals surface area contributed by atoms with Crippen LogP contribution in [0.5, 0.6) is 0 Å². The molecule has 0 heterocycles. The number of aliphatic carboxylic acids is 2. The van der Waals surface area contributed by atoms with E-state index in [-0.39, 0.29) is 39.0 Å². The molecule has 0 bridgehead atoms. The third kappa shape index (κ3) is 1.29. The molecule has 1 fully saturated rings. The second-order valence-corrected chi connectivity index (χ2v) is 2.19. The summed E-state index contributed by atoms with van der Waals surface area (Å²) in [6.07, 6.45) is 0.551. The van der Waals surface area contributed by atoms with Crippen LogP contribution in [0.2, 0.25) is 0 Å². The van der Waals surface area contributed by atoms with Crippen LogP contribution in [0.3, 0.4) is 0 Å². The normalized spacial score (nSPS) is 18.8. The molecule has 0 saturated heterocycles. The van der Waals surface area contributed by atoms with Crippen LogP contribution < -0.4 is 0 Å². The van der Waals surface area contributed by atoms with Gasteiger partial charge in [-0.15, -0.1) is 0 Å². The van der Waals surface area contributed by atoms with Crippen molar-refractivity contribution in [2.75, 3.05) is 0 Å². The van der Waals surface area contributed by atoms with Gasteiger partial charge in [-0.3, -0.25) is 9.59 Å². The van der Waals surface area contributed by atoms with E-state index in [2.05, 4.69) is 0 Å². The van der Waals surface area contributed by atoms with Crippen LogP contribution >= 0.6 is 0 Å². The molecule has 0 aromatic rings. The Morgan fingerprint density at radius 2 is 1.40 bits per heavy atom. The van der Waals surface area contributed by atoms with Crippen LogP contribution in [-0.4, -0.2) is 48.4 Å². The number of carboxylic acid groups (broad SMARTS) is 2. The van der Waals surface area contributed by atoms with E-state index in [0.29, 0.717) is 0 Å². The maximum atomic E-state index is 10.1. The third-order valence-corrected chi connectivity index (χ3v) is 1.57. The molecule has 4 nitrogen and oxygen atoms in total. The summed E-state index contributed by atoms with van der Waals surface area (Å²) in [4.78, 5) is 20.3. The van der Waals surface area contributed by atoms with Gasteiger partial charge in [-0.1, -0.05) is 0 Å². The van der Waals surface area contributed by atoms with Crippen molar-refractivity contribution in [3.63, 3.8) is 0 Å². The standard InChI is InChI=1S/C5H6O4.Bi.3H/c6-3(7)5(1-2-5)4(8)9;;;;/h1-2H2,(H,6,7)(H,8,9);;;;. The van der Waals surface area contributed by atoms with E-state index >= 15 is 0 Å².